The summed E-state index contributed by atoms with van der Waals surface area (Å²) in [5, 5.41) is 7.91. The van der Waals surface area contributed by atoms with Crippen LogP contribution in [0.5, 0.6) is 0 Å². The Labute approximate surface area is 124 Å². The van der Waals surface area contributed by atoms with Gasteiger partial charge in [-0.15, -0.1) is 0 Å². The second-order valence-electron chi connectivity index (χ2n) is 5.89. The van der Waals surface area contributed by atoms with E-state index in [1.54, 1.807) is 13.0 Å². The molecule has 1 aliphatic rings. The fourth-order valence-corrected chi connectivity index (χ4v) is 3.19. The lowest BCUT2D eigenvalue weighted by molar-refractivity contribution is -0.125. The smallest absolute Gasteiger partial charge is 0.238 e. The van der Waals surface area contributed by atoms with Crippen LogP contribution in [0.4, 0.5) is 5.69 Å². The summed E-state index contributed by atoms with van der Waals surface area (Å²) in [6.45, 7) is 3.64. The number of rotatable bonds is 3. The van der Waals surface area contributed by atoms with Gasteiger partial charge in [0.1, 0.15) is 0 Å². The fraction of sp³-hybridized carbons (Fsp3) is 0.500. The molecule has 2 rings (SSSR count). The van der Waals surface area contributed by atoms with Gasteiger partial charge in [0.2, 0.25) is 15.9 Å². The maximum Gasteiger partial charge on any atom is 0.238 e. The molecule has 1 saturated carbocycles. The Kier molecular flexibility index (Phi) is 4.10. The summed E-state index contributed by atoms with van der Waals surface area (Å²) in [5.41, 5.74) is 6.63. The number of primary sulfonamides is 1. The first kappa shape index (κ1) is 15.9. The van der Waals surface area contributed by atoms with E-state index in [1.807, 2.05) is 6.92 Å². The molecule has 7 heteroatoms. The van der Waals surface area contributed by atoms with E-state index >= 15 is 0 Å². The molecule has 6 nitrogen and oxygen atoms in total. The van der Waals surface area contributed by atoms with Crippen molar-refractivity contribution in [3.05, 3.63) is 23.8 Å². The SMILES string of the molecule is Cc1ccc(S(N)(=O)=O)cc1NC(=O)C1(C)CCCC1N. The maximum absolute atomic E-state index is 12.5. The number of benzene rings is 1. The van der Waals surface area contributed by atoms with Gasteiger partial charge in [-0.05, 0) is 44.4 Å². The van der Waals surface area contributed by atoms with Crippen molar-refractivity contribution in [1.29, 1.82) is 0 Å². The summed E-state index contributed by atoms with van der Waals surface area (Å²) in [5.74, 6) is -0.179. The number of anilines is 1. The van der Waals surface area contributed by atoms with Crippen LogP contribution in [0.25, 0.3) is 0 Å². The molecule has 21 heavy (non-hydrogen) atoms. The Balaban J connectivity index is 2.29. The fourth-order valence-electron chi connectivity index (χ4n) is 2.65. The van der Waals surface area contributed by atoms with Crippen molar-refractivity contribution in [2.24, 2.45) is 16.3 Å². The second-order valence-corrected chi connectivity index (χ2v) is 7.45. The van der Waals surface area contributed by atoms with Crippen molar-refractivity contribution in [2.75, 3.05) is 5.32 Å². The van der Waals surface area contributed by atoms with Crippen LogP contribution < -0.4 is 16.2 Å². The van der Waals surface area contributed by atoms with E-state index in [-0.39, 0.29) is 16.8 Å². The first-order valence-corrected chi connectivity index (χ1v) is 8.40. The van der Waals surface area contributed by atoms with Gasteiger partial charge < -0.3 is 11.1 Å². The van der Waals surface area contributed by atoms with Crippen LogP contribution in [0.1, 0.15) is 31.7 Å². The monoisotopic (exact) mass is 311 g/mol. The van der Waals surface area contributed by atoms with Crippen molar-refractivity contribution in [3.63, 3.8) is 0 Å². The van der Waals surface area contributed by atoms with Gasteiger partial charge in [0, 0.05) is 11.7 Å². The number of carbonyl (C=O) groups excluding carboxylic acids is 1. The number of nitrogens with one attached hydrogen (secondary N) is 1. The predicted octanol–water partition coefficient (Wildman–Crippen LogP) is 1.10. The van der Waals surface area contributed by atoms with Crippen LogP contribution in [-0.4, -0.2) is 20.4 Å². The molecule has 0 radical (unpaired) electrons. The molecule has 1 amide bonds. The van der Waals surface area contributed by atoms with Crippen molar-refractivity contribution < 1.29 is 13.2 Å². The van der Waals surface area contributed by atoms with E-state index in [4.69, 9.17) is 10.9 Å². The molecule has 0 bridgehead atoms. The zero-order valence-corrected chi connectivity index (χ0v) is 13.0. The normalized spacial score (nSPS) is 25.8. The third kappa shape index (κ3) is 3.09. The predicted molar refractivity (Wildman–Crippen MR) is 81.1 cm³/mol. The lowest BCUT2D eigenvalue weighted by Crippen LogP contribution is -2.44. The number of nitrogens with two attached hydrogens (primary N) is 2. The highest BCUT2D eigenvalue weighted by atomic mass is 32.2. The molecule has 1 fully saturated rings. The summed E-state index contributed by atoms with van der Waals surface area (Å²) in [6, 6.07) is 4.24. The van der Waals surface area contributed by atoms with Gasteiger partial charge in [0.25, 0.3) is 0 Å². The van der Waals surface area contributed by atoms with E-state index in [2.05, 4.69) is 5.32 Å². The van der Waals surface area contributed by atoms with Gasteiger partial charge >= 0.3 is 0 Å². The largest absolute Gasteiger partial charge is 0.327 e. The van der Waals surface area contributed by atoms with Crippen LogP contribution in [0, 0.1) is 12.3 Å². The van der Waals surface area contributed by atoms with Gasteiger partial charge in [0.05, 0.1) is 10.3 Å². The minimum absolute atomic E-state index is 0.0238. The van der Waals surface area contributed by atoms with Gasteiger partial charge in [-0.2, -0.15) is 0 Å². The zero-order chi connectivity index (χ0) is 15.8. The highest BCUT2D eigenvalue weighted by Crippen LogP contribution is 2.38. The van der Waals surface area contributed by atoms with E-state index in [0.717, 1.165) is 24.8 Å². The Morgan fingerprint density at radius 1 is 1.43 bits per heavy atom. The molecule has 2 atom stereocenters. The van der Waals surface area contributed by atoms with Gasteiger partial charge in [-0.3, -0.25) is 4.79 Å². The summed E-state index contributed by atoms with van der Waals surface area (Å²) >= 11 is 0. The molecular weight excluding hydrogens is 290 g/mol. The number of hydrogen-bond donors (Lipinski definition) is 3. The number of sulfonamides is 1. The molecular formula is C14H21N3O3S. The Bertz CT molecular complexity index is 672. The molecule has 0 heterocycles. The average molecular weight is 311 g/mol. The van der Waals surface area contributed by atoms with Crippen LogP contribution in [0.2, 0.25) is 0 Å². The number of hydrogen-bond acceptors (Lipinski definition) is 4. The molecule has 0 aromatic heterocycles. The third-order valence-corrected chi connectivity index (χ3v) is 5.25. The van der Waals surface area contributed by atoms with Crippen LogP contribution in [0.15, 0.2) is 23.1 Å². The van der Waals surface area contributed by atoms with Crippen LogP contribution in [-0.2, 0) is 14.8 Å². The number of carbonyl (C=O) groups is 1. The molecule has 0 saturated heterocycles. The molecule has 2 unspecified atom stereocenters. The number of amides is 1. The molecule has 1 aromatic rings. The van der Waals surface area contributed by atoms with Gasteiger partial charge in [-0.25, -0.2) is 13.6 Å². The highest BCUT2D eigenvalue weighted by molar-refractivity contribution is 7.89. The summed E-state index contributed by atoms with van der Waals surface area (Å²) in [6.07, 6.45) is 2.47. The van der Waals surface area contributed by atoms with E-state index < -0.39 is 15.4 Å². The minimum Gasteiger partial charge on any atom is -0.327 e. The van der Waals surface area contributed by atoms with Crippen LogP contribution in [0.3, 0.4) is 0 Å². The second kappa shape index (κ2) is 5.40. The molecule has 1 aliphatic carbocycles. The Morgan fingerprint density at radius 2 is 2.10 bits per heavy atom. The zero-order valence-electron chi connectivity index (χ0n) is 12.2. The van der Waals surface area contributed by atoms with E-state index in [9.17, 15) is 13.2 Å². The highest BCUT2D eigenvalue weighted by Gasteiger charge is 2.43. The molecule has 1 aromatic carbocycles. The van der Waals surface area contributed by atoms with Crippen molar-refractivity contribution >= 4 is 21.6 Å². The first-order valence-electron chi connectivity index (χ1n) is 6.85. The minimum atomic E-state index is -3.80. The van der Waals surface area contributed by atoms with E-state index in [1.165, 1.54) is 12.1 Å². The van der Waals surface area contributed by atoms with Crippen LogP contribution >= 0.6 is 0 Å². The lowest BCUT2D eigenvalue weighted by atomic mass is 9.84. The quantitative estimate of drug-likeness (QED) is 0.775. The molecule has 116 valence electrons. The summed E-state index contributed by atoms with van der Waals surface area (Å²) in [4.78, 5) is 12.5. The standard InChI is InChI=1S/C14H21N3O3S/c1-9-5-6-10(21(16,19)20)8-11(9)17-13(18)14(2)7-3-4-12(14)15/h5-6,8,12H,3-4,7,15H2,1-2H3,(H,17,18)(H2,16,19,20). The summed E-state index contributed by atoms with van der Waals surface area (Å²) < 4.78 is 22.8. The maximum atomic E-state index is 12.5. The summed E-state index contributed by atoms with van der Waals surface area (Å²) in [7, 11) is -3.80. The Morgan fingerprint density at radius 3 is 2.62 bits per heavy atom. The lowest BCUT2D eigenvalue weighted by Gasteiger charge is -2.28. The molecule has 0 aliphatic heterocycles. The van der Waals surface area contributed by atoms with E-state index in [0.29, 0.717) is 5.69 Å². The molecule has 0 spiro atoms. The van der Waals surface area contributed by atoms with Gasteiger partial charge in [-0.1, -0.05) is 12.5 Å². The van der Waals surface area contributed by atoms with Crippen molar-refractivity contribution in [1.82, 2.24) is 0 Å². The third-order valence-electron chi connectivity index (χ3n) is 4.33. The van der Waals surface area contributed by atoms with Gasteiger partial charge in [0.15, 0.2) is 0 Å². The topological polar surface area (TPSA) is 115 Å². The first-order chi connectivity index (χ1) is 9.64. The number of aryl methyl sites for hydroxylation is 1. The van der Waals surface area contributed by atoms with Crippen molar-refractivity contribution in [3.8, 4) is 0 Å². The Hall–Kier alpha value is -1.44. The molecule has 5 N–H and O–H groups in total. The average Bonchev–Trinajstić information content (AvgIpc) is 2.72. The van der Waals surface area contributed by atoms with Crippen molar-refractivity contribution in [2.45, 2.75) is 44.0 Å².